The Morgan fingerprint density at radius 3 is 1.96 bits per heavy atom. The number of hydrogen-bond acceptors (Lipinski definition) is 5. The van der Waals surface area contributed by atoms with E-state index in [4.69, 9.17) is 19.9 Å². The van der Waals surface area contributed by atoms with Crippen LogP contribution in [0.1, 0.15) is 11.1 Å². The number of methoxy groups -OCH3 is 3. The summed E-state index contributed by atoms with van der Waals surface area (Å²) in [7, 11) is 6.98. The average Bonchev–Trinajstić information content (AvgIpc) is 2.60. The number of nitrogen functional groups attached to an aromatic ring is 1. The van der Waals surface area contributed by atoms with Crippen molar-refractivity contribution in [2.45, 2.75) is 13.0 Å². The Balaban J connectivity index is 2.01. The van der Waals surface area contributed by atoms with Crippen molar-refractivity contribution in [3.8, 4) is 17.2 Å². The van der Waals surface area contributed by atoms with Crippen LogP contribution in [-0.2, 0) is 13.0 Å². The van der Waals surface area contributed by atoms with Crippen molar-refractivity contribution in [2.75, 3.05) is 40.7 Å². The molecule has 2 N–H and O–H groups in total. The van der Waals surface area contributed by atoms with Crippen molar-refractivity contribution in [1.82, 2.24) is 4.90 Å². The third kappa shape index (κ3) is 4.55. The van der Waals surface area contributed by atoms with Gasteiger partial charge in [0.2, 0.25) is 5.75 Å². The SMILES string of the molecule is COc1cc(CCN(C)Cc2ccc(N)cc2)cc(OC)c1OC. The molecule has 5 nitrogen and oxygen atoms in total. The third-order valence-corrected chi connectivity index (χ3v) is 3.94. The number of nitrogens with zero attached hydrogens (tertiary/aromatic N) is 1. The second kappa shape index (κ2) is 8.45. The number of hydrogen-bond donors (Lipinski definition) is 1. The van der Waals surface area contributed by atoms with Gasteiger partial charge < -0.3 is 24.8 Å². The molecular weight excluding hydrogens is 304 g/mol. The van der Waals surface area contributed by atoms with E-state index in [0.717, 1.165) is 30.8 Å². The van der Waals surface area contributed by atoms with Gasteiger partial charge in [0.25, 0.3) is 0 Å². The highest BCUT2D eigenvalue weighted by molar-refractivity contribution is 5.53. The van der Waals surface area contributed by atoms with Gasteiger partial charge in [-0.2, -0.15) is 0 Å². The molecule has 0 atom stereocenters. The van der Waals surface area contributed by atoms with Crippen molar-refractivity contribution in [1.29, 1.82) is 0 Å². The van der Waals surface area contributed by atoms with Gasteiger partial charge in [-0.25, -0.2) is 0 Å². The highest BCUT2D eigenvalue weighted by Crippen LogP contribution is 2.38. The van der Waals surface area contributed by atoms with Gasteiger partial charge in [-0.15, -0.1) is 0 Å². The van der Waals surface area contributed by atoms with E-state index in [1.165, 1.54) is 5.56 Å². The van der Waals surface area contributed by atoms with Crippen molar-refractivity contribution >= 4 is 5.69 Å². The number of nitrogens with two attached hydrogens (primary N) is 1. The van der Waals surface area contributed by atoms with Gasteiger partial charge in [0.05, 0.1) is 21.3 Å². The lowest BCUT2D eigenvalue weighted by molar-refractivity contribution is 0.320. The first-order chi connectivity index (χ1) is 11.6. The van der Waals surface area contributed by atoms with E-state index in [0.29, 0.717) is 17.2 Å². The monoisotopic (exact) mass is 330 g/mol. The minimum absolute atomic E-state index is 0.624. The molecule has 0 saturated heterocycles. The van der Waals surface area contributed by atoms with Gasteiger partial charge in [-0.1, -0.05) is 12.1 Å². The summed E-state index contributed by atoms with van der Waals surface area (Å²) in [5.41, 5.74) is 8.91. The lowest BCUT2D eigenvalue weighted by atomic mass is 10.1. The Labute approximate surface area is 143 Å². The maximum Gasteiger partial charge on any atom is 0.203 e. The molecule has 2 aromatic carbocycles. The zero-order chi connectivity index (χ0) is 17.5. The Hall–Kier alpha value is -2.40. The van der Waals surface area contributed by atoms with Gasteiger partial charge in [0, 0.05) is 18.8 Å². The van der Waals surface area contributed by atoms with Gasteiger partial charge in [-0.05, 0) is 48.9 Å². The fourth-order valence-electron chi connectivity index (χ4n) is 2.61. The number of anilines is 1. The minimum atomic E-state index is 0.624. The van der Waals surface area contributed by atoms with Gasteiger partial charge in [0.1, 0.15) is 0 Å². The molecule has 24 heavy (non-hydrogen) atoms. The molecule has 2 aromatic rings. The largest absolute Gasteiger partial charge is 0.493 e. The predicted octanol–water partition coefficient (Wildman–Crippen LogP) is 2.97. The standard InChI is InChI=1S/C19H26N2O3/c1-21(13-14-5-7-16(20)8-6-14)10-9-15-11-17(22-2)19(24-4)18(12-15)23-3/h5-8,11-12H,9-10,13,20H2,1-4H3. The van der Waals surface area contributed by atoms with Crippen LogP contribution in [0.25, 0.3) is 0 Å². The summed E-state index contributed by atoms with van der Waals surface area (Å²) in [4.78, 5) is 2.27. The maximum atomic E-state index is 5.72. The molecule has 130 valence electrons. The van der Waals surface area contributed by atoms with E-state index in [1.54, 1.807) is 21.3 Å². The van der Waals surface area contributed by atoms with Crippen molar-refractivity contribution in [3.63, 3.8) is 0 Å². The van der Waals surface area contributed by atoms with Gasteiger partial charge in [-0.3, -0.25) is 0 Å². The second-order valence-electron chi connectivity index (χ2n) is 5.76. The lowest BCUT2D eigenvalue weighted by Gasteiger charge is -2.18. The topological polar surface area (TPSA) is 57.0 Å². The van der Waals surface area contributed by atoms with E-state index >= 15 is 0 Å². The van der Waals surface area contributed by atoms with Crippen LogP contribution in [0.15, 0.2) is 36.4 Å². The normalized spacial score (nSPS) is 10.7. The summed E-state index contributed by atoms with van der Waals surface area (Å²) in [5.74, 6) is 2.00. The third-order valence-electron chi connectivity index (χ3n) is 3.94. The Morgan fingerprint density at radius 1 is 0.875 bits per heavy atom. The summed E-state index contributed by atoms with van der Waals surface area (Å²) >= 11 is 0. The van der Waals surface area contributed by atoms with Crippen LogP contribution in [-0.4, -0.2) is 39.8 Å². The predicted molar refractivity (Wildman–Crippen MR) is 97.0 cm³/mol. The van der Waals surface area contributed by atoms with Crippen LogP contribution < -0.4 is 19.9 Å². The van der Waals surface area contributed by atoms with Gasteiger partial charge in [0.15, 0.2) is 11.5 Å². The molecule has 2 rings (SSSR count). The number of rotatable bonds is 8. The number of ether oxygens (including phenoxy) is 3. The molecule has 0 aromatic heterocycles. The fourth-order valence-corrected chi connectivity index (χ4v) is 2.61. The first kappa shape index (κ1) is 17.9. The quantitative estimate of drug-likeness (QED) is 0.754. The summed E-state index contributed by atoms with van der Waals surface area (Å²) in [5, 5.41) is 0. The number of likely N-dealkylation sites (N-methyl/N-ethyl adjacent to an activating group) is 1. The molecule has 0 bridgehead atoms. The molecule has 0 aliphatic carbocycles. The average molecular weight is 330 g/mol. The molecule has 0 aliphatic rings. The summed E-state index contributed by atoms with van der Waals surface area (Å²) in [6, 6.07) is 12.0. The van der Waals surface area contributed by atoms with E-state index in [1.807, 2.05) is 24.3 Å². The minimum Gasteiger partial charge on any atom is -0.493 e. The molecule has 0 aliphatic heterocycles. The van der Waals surface area contributed by atoms with Crippen molar-refractivity contribution in [3.05, 3.63) is 47.5 Å². The van der Waals surface area contributed by atoms with E-state index in [2.05, 4.69) is 24.1 Å². The van der Waals surface area contributed by atoms with Crippen LogP contribution in [0.4, 0.5) is 5.69 Å². The zero-order valence-corrected chi connectivity index (χ0v) is 14.8. The lowest BCUT2D eigenvalue weighted by Crippen LogP contribution is -2.20. The van der Waals surface area contributed by atoms with E-state index in [9.17, 15) is 0 Å². The molecule has 0 amide bonds. The molecule has 0 radical (unpaired) electrons. The first-order valence-corrected chi connectivity index (χ1v) is 7.89. The van der Waals surface area contributed by atoms with E-state index < -0.39 is 0 Å². The summed E-state index contributed by atoms with van der Waals surface area (Å²) in [6.45, 7) is 1.80. The highest BCUT2D eigenvalue weighted by Gasteiger charge is 2.13. The van der Waals surface area contributed by atoms with E-state index in [-0.39, 0.29) is 0 Å². The zero-order valence-electron chi connectivity index (χ0n) is 14.8. The molecule has 0 saturated carbocycles. The summed E-state index contributed by atoms with van der Waals surface area (Å²) in [6.07, 6.45) is 0.891. The first-order valence-electron chi connectivity index (χ1n) is 7.89. The van der Waals surface area contributed by atoms with Crippen LogP contribution in [0.3, 0.4) is 0 Å². The van der Waals surface area contributed by atoms with Crippen molar-refractivity contribution < 1.29 is 14.2 Å². The Kier molecular flexibility index (Phi) is 6.32. The molecule has 0 unspecified atom stereocenters. The molecule has 0 fully saturated rings. The molecule has 0 spiro atoms. The van der Waals surface area contributed by atoms with Crippen LogP contribution in [0.5, 0.6) is 17.2 Å². The van der Waals surface area contributed by atoms with Crippen molar-refractivity contribution in [2.24, 2.45) is 0 Å². The Morgan fingerprint density at radius 2 is 1.46 bits per heavy atom. The smallest absolute Gasteiger partial charge is 0.203 e. The van der Waals surface area contributed by atoms with Gasteiger partial charge >= 0.3 is 0 Å². The number of benzene rings is 2. The van der Waals surface area contributed by atoms with Crippen LogP contribution >= 0.6 is 0 Å². The Bertz CT molecular complexity index is 631. The fraction of sp³-hybridized carbons (Fsp3) is 0.368. The van der Waals surface area contributed by atoms with Crippen LogP contribution in [0.2, 0.25) is 0 Å². The summed E-state index contributed by atoms with van der Waals surface area (Å²) < 4.78 is 16.2. The molecule has 5 heteroatoms. The van der Waals surface area contributed by atoms with Crippen LogP contribution in [0, 0.1) is 0 Å². The maximum absolute atomic E-state index is 5.72. The molecule has 0 heterocycles. The second-order valence-corrected chi connectivity index (χ2v) is 5.76. The highest BCUT2D eigenvalue weighted by atomic mass is 16.5. The molecular formula is C19H26N2O3.